The summed E-state index contributed by atoms with van der Waals surface area (Å²) in [6, 6.07) is 0. The van der Waals surface area contributed by atoms with Gasteiger partial charge in [-0.05, 0) is 20.8 Å². The smallest absolute Gasteiger partial charge is 0.155 e. The first-order chi connectivity index (χ1) is 6.81. The van der Waals surface area contributed by atoms with E-state index >= 15 is 0 Å². The maximum atomic E-state index is 5.32. The molecule has 0 fully saturated rings. The third-order valence-electron chi connectivity index (χ3n) is 1.57. The van der Waals surface area contributed by atoms with E-state index in [4.69, 9.17) is 18.9 Å². The van der Waals surface area contributed by atoms with Gasteiger partial charge in [0.05, 0.1) is 26.4 Å². The van der Waals surface area contributed by atoms with Crippen LogP contribution in [0.2, 0.25) is 0 Å². The second-order valence-electron chi connectivity index (χ2n) is 2.70. The maximum Gasteiger partial charge on any atom is 0.155 e. The minimum absolute atomic E-state index is 0.184. The molecule has 0 aromatic rings. The highest BCUT2D eigenvalue weighted by Crippen LogP contribution is 1.93. The maximum absolute atomic E-state index is 5.32. The Hall–Kier alpha value is -0.160. The summed E-state index contributed by atoms with van der Waals surface area (Å²) in [5, 5.41) is 0. The molecule has 4 heteroatoms. The predicted molar refractivity (Wildman–Crippen MR) is 54.4 cm³/mol. The van der Waals surface area contributed by atoms with Crippen molar-refractivity contribution in [2.24, 2.45) is 0 Å². The van der Waals surface area contributed by atoms with Crippen LogP contribution in [0.5, 0.6) is 0 Å². The minimum Gasteiger partial charge on any atom is -0.379 e. The van der Waals surface area contributed by atoms with Crippen molar-refractivity contribution < 1.29 is 18.9 Å². The molecule has 0 aliphatic carbocycles. The van der Waals surface area contributed by atoms with Gasteiger partial charge in [0.2, 0.25) is 0 Å². The molecule has 0 aliphatic rings. The topological polar surface area (TPSA) is 36.9 Å². The Morgan fingerprint density at radius 2 is 1.21 bits per heavy atom. The lowest BCUT2D eigenvalue weighted by molar-refractivity contribution is -0.146. The van der Waals surface area contributed by atoms with Gasteiger partial charge in [0.1, 0.15) is 0 Å². The summed E-state index contributed by atoms with van der Waals surface area (Å²) in [6.07, 6.45) is -0.184. The molecule has 0 atom stereocenters. The van der Waals surface area contributed by atoms with E-state index in [2.05, 4.69) is 0 Å². The molecule has 0 bridgehead atoms. The van der Waals surface area contributed by atoms with Gasteiger partial charge in [-0.1, -0.05) is 0 Å². The molecule has 4 nitrogen and oxygen atoms in total. The lowest BCUT2D eigenvalue weighted by atomic mass is 10.6. The van der Waals surface area contributed by atoms with Gasteiger partial charge in [-0.15, -0.1) is 0 Å². The summed E-state index contributed by atoms with van der Waals surface area (Å²) >= 11 is 0. The molecule has 0 spiro atoms. The first kappa shape index (κ1) is 13.8. The molecule has 0 aliphatic heterocycles. The van der Waals surface area contributed by atoms with E-state index in [1.165, 1.54) is 0 Å². The normalized spacial score (nSPS) is 11.1. The Bertz CT molecular complexity index is 96.3. The van der Waals surface area contributed by atoms with Crippen molar-refractivity contribution in [2.75, 3.05) is 39.6 Å². The van der Waals surface area contributed by atoms with Gasteiger partial charge in [0, 0.05) is 13.2 Å². The van der Waals surface area contributed by atoms with Crippen LogP contribution in [0.4, 0.5) is 0 Å². The van der Waals surface area contributed by atoms with Crippen molar-refractivity contribution in [2.45, 2.75) is 27.1 Å². The van der Waals surface area contributed by atoms with Crippen LogP contribution in [0.25, 0.3) is 0 Å². The fraction of sp³-hybridized carbons (Fsp3) is 1.00. The van der Waals surface area contributed by atoms with Crippen molar-refractivity contribution in [3.63, 3.8) is 0 Å². The van der Waals surface area contributed by atoms with Crippen LogP contribution in [0.3, 0.4) is 0 Å². The zero-order chi connectivity index (χ0) is 10.6. The fourth-order valence-electron chi connectivity index (χ4n) is 0.883. The molecule has 0 rings (SSSR count). The van der Waals surface area contributed by atoms with Gasteiger partial charge in [-0.2, -0.15) is 0 Å². The lowest BCUT2D eigenvalue weighted by Gasteiger charge is -2.13. The van der Waals surface area contributed by atoms with Crippen molar-refractivity contribution in [3.05, 3.63) is 0 Å². The van der Waals surface area contributed by atoms with Crippen LogP contribution in [0.1, 0.15) is 20.8 Å². The average Bonchev–Trinajstić information content (AvgIpc) is 2.19. The second kappa shape index (κ2) is 10.9. The van der Waals surface area contributed by atoms with Gasteiger partial charge in [-0.3, -0.25) is 0 Å². The highest BCUT2D eigenvalue weighted by Gasteiger charge is 2.00. The van der Waals surface area contributed by atoms with Crippen molar-refractivity contribution in [1.82, 2.24) is 0 Å². The molecule has 0 radical (unpaired) electrons. The van der Waals surface area contributed by atoms with Crippen LogP contribution in [0.15, 0.2) is 0 Å². The van der Waals surface area contributed by atoms with E-state index in [-0.39, 0.29) is 6.29 Å². The van der Waals surface area contributed by atoms with Gasteiger partial charge in [-0.25, -0.2) is 0 Å². The SMILES string of the molecule is CCOCCOC(C)OCCOCC. The summed E-state index contributed by atoms with van der Waals surface area (Å²) in [7, 11) is 0. The number of ether oxygens (including phenoxy) is 4. The quantitative estimate of drug-likeness (QED) is 0.400. The van der Waals surface area contributed by atoms with Crippen LogP contribution < -0.4 is 0 Å². The predicted octanol–water partition coefficient (Wildman–Crippen LogP) is 1.44. The second-order valence-corrected chi connectivity index (χ2v) is 2.70. The van der Waals surface area contributed by atoms with Crippen LogP contribution in [-0.4, -0.2) is 45.9 Å². The van der Waals surface area contributed by atoms with Gasteiger partial charge >= 0.3 is 0 Å². The summed E-state index contributed by atoms with van der Waals surface area (Å²) in [6.45, 7) is 9.63. The third kappa shape index (κ3) is 9.92. The molecule has 0 unspecified atom stereocenters. The van der Waals surface area contributed by atoms with Crippen molar-refractivity contribution in [3.8, 4) is 0 Å². The van der Waals surface area contributed by atoms with E-state index in [1.54, 1.807) is 0 Å². The molecule has 14 heavy (non-hydrogen) atoms. The number of hydrogen-bond donors (Lipinski definition) is 0. The Morgan fingerprint density at radius 1 is 0.786 bits per heavy atom. The Kier molecular flexibility index (Phi) is 10.8. The highest BCUT2D eigenvalue weighted by atomic mass is 16.7. The Labute approximate surface area is 86.5 Å². The van der Waals surface area contributed by atoms with Crippen LogP contribution >= 0.6 is 0 Å². The van der Waals surface area contributed by atoms with E-state index < -0.39 is 0 Å². The van der Waals surface area contributed by atoms with Crippen LogP contribution in [0, 0.1) is 0 Å². The molecular weight excluding hydrogens is 184 g/mol. The Balaban J connectivity index is 3.07. The van der Waals surface area contributed by atoms with E-state index in [9.17, 15) is 0 Å². The molecule has 0 aromatic carbocycles. The summed E-state index contributed by atoms with van der Waals surface area (Å²) in [4.78, 5) is 0. The molecule has 0 saturated heterocycles. The third-order valence-corrected chi connectivity index (χ3v) is 1.57. The number of rotatable bonds is 10. The zero-order valence-corrected chi connectivity index (χ0v) is 9.45. The molecule has 0 saturated carbocycles. The molecule has 0 amide bonds. The van der Waals surface area contributed by atoms with Gasteiger partial charge < -0.3 is 18.9 Å². The summed E-state index contributed by atoms with van der Waals surface area (Å²) in [5.41, 5.74) is 0. The average molecular weight is 206 g/mol. The molecule has 0 heterocycles. The molecular formula is C10H22O4. The first-order valence-electron chi connectivity index (χ1n) is 5.20. The standard InChI is InChI=1S/C10H22O4/c1-4-11-6-8-13-10(3)14-9-7-12-5-2/h10H,4-9H2,1-3H3. The molecule has 0 N–H and O–H groups in total. The monoisotopic (exact) mass is 206 g/mol. The Morgan fingerprint density at radius 3 is 1.57 bits per heavy atom. The van der Waals surface area contributed by atoms with Crippen molar-refractivity contribution >= 4 is 0 Å². The minimum atomic E-state index is -0.184. The van der Waals surface area contributed by atoms with Gasteiger partial charge in [0.25, 0.3) is 0 Å². The molecule has 86 valence electrons. The van der Waals surface area contributed by atoms with E-state index in [0.29, 0.717) is 26.4 Å². The fourth-order valence-corrected chi connectivity index (χ4v) is 0.883. The zero-order valence-electron chi connectivity index (χ0n) is 9.45. The van der Waals surface area contributed by atoms with E-state index in [1.807, 2.05) is 20.8 Å². The summed E-state index contributed by atoms with van der Waals surface area (Å²) < 4.78 is 20.9. The molecule has 0 aromatic heterocycles. The van der Waals surface area contributed by atoms with Crippen molar-refractivity contribution in [1.29, 1.82) is 0 Å². The first-order valence-corrected chi connectivity index (χ1v) is 5.20. The summed E-state index contributed by atoms with van der Waals surface area (Å²) in [5.74, 6) is 0. The number of hydrogen-bond acceptors (Lipinski definition) is 4. The van der Waals surface area contributed by atoms with Crippen LogP contribution in [-0.2, 0) is 18.9 Å². The largest absolute Gasteiger partial charge is 0.379 e. The van der Waals surface area contributed by atoms with E-state index in [0.717, 1.165) is 13.2 Å². The lowest BCUT2D eigenvalue weighted by Crippen LogP contribution is -2.18. The highest BCUT2D eigenvalue weighted by molar-refractivity contribution is 4.35. The van der Waals surface area contributed by atoms with Gasteiger partial charge in [0.15, 0.2) is 6.29 Å².